The Labute approximate surface area is 187 Å². The zero-order valence-electron chi connectivity index (χ0n) is 17.4. The number of ether oxygens (including phenoxy) is 2. The van der Waals surface area contributed by atoms with Crippen molar-refractivity contribution < 1.29 is 22.7 Å². The largest absolute Gasteiger partial charge is 0.489 e. The normalized spacial score (nSPS) is 11.1. The quantitative estimate of drug-likeness (QED) is 0.225. The van der Waals surface area contributed by atoms with Crippen LogP contribution < -0.4 is 15.1 Å². The number of hydrogen-bond donors (Lipinski definition) is 0. The van der Waals surface area contributed by atoms with Crippen LogP contribution in [-0.4, -0.2) is 0 Å². The number of benzene rings is 4. The van der Waals surface area contributed by atoms with Crippen molar-refractivity contribution >= 4 is 21.7 Å². The predicted molar refractivity (Wildman–Crippen MR) is 121 cm³/mol. The van der Waals surface area contributed by atoms with Crippen LogP contribution in [0.15, 0.2) is 94.1 Å². The Morgan fingerprint density at radius 2 is 1.27 bits per heavy atom. The molecule has 1 aromatic heterocycles. The smallest absolute Gasteiger partial charge is 0.344 e. The predicted octanol–water partition coefficient (Wildman–Crippen LogP) is 6.38. The highest BCUT2D eigenvalue weighted by Crippen LogP contribution is 2.36. The zero-order chi connectivity index (χ0) is 22.8. The number of rotatable bonds is 6. The highest BCUT2D eigenvalue weighted by Gasteiger charge is 2.15. The Bertz CT molecular complexity index is 1490. The van der Waals surface area contributed by atoms with Gasteiger partial charge in [0, 0.05) is 17.5 Å². The first-order valence-corrected chi connectivity index (χ1v) is 10.3. The lowest BCUT2D eigenvalue weighted by Crippen LogP contribution is -2.03. The van der Waals surface area contributed by atoms with Crippen LogP contribution in [0.3, 0.4) is 0 Å². The van der Waals surface area contributed by atoms with E-state index in [0.29, 0.717) is 33.2 Å². The molecule has 0 fully saturated rings. The maximum absolute atomic E-state index is 13.3. The minimum Gasteiger partial charge on any atom is -0.489 e. The van der Waals surface area contributed by atoms with E-state index in [1.807, 2.05) is 12.1 Å². The van der Waals surface area contributed by atoms with E-state index in [2.05, 4.69) is 0 Å². The maximum atomic E-state index is 13.3. The molecule has 4 nitrogen and oxygen atoms in total. The van der Waals surface area contributed by atoms with Crippen molar-refractivity contribution in [3.05, 3.63) is 118 Å². The van der Waals surface area contributed by atoms with Crippen molar-refractivity contribution in [3.8, 4) is 11.5 Å². The first-order chi connectivity index (χ1) is 16.1. The molecule has 6 heteroatoms. The number of fused-ring (bicyclic) bond motifs is 3. The summed E-state index contributed by atoms with van der Waals surface area (Å²) in [6.45, 7) is 0.380. The second-order valence-electron chi connectivity index (χ2n) is 7.56. The summed E-state index contributed by atoms with van der Waals surface area (Å²) in [4.78, 5) is 12.5. The highest BCUT2D eigenvalue weighted by molar-refractivity contribution is 6.08. The average Bonchev–Trinajstić information content (AvgIpc) is 2.83. The molecule has 1 heterocycles. The summed E-state index contributed by atoms with van der Waals surface area (Å²) in [6.07, 6.45) is 0. The van der Waals surface area contributed by atoms with E-state index in [4.69, 9.17) is 13.9 Å². The Kier molecular flexibility index (Phi) is 5.48. The van der Waals surface area contributed by atoms with Gasteiger partial charge in [-0.3, -0.25) is 0 Å². The van der Waals surface area contributed by atoms with E-state index >= 15 is 0 Å². The van der Waals surface area contributed by atoms with Gasteiger partial charge in [0.25, 0.3) is 0 Å². The minimum absolute atomic E-state index is 0.185. The standard InChI is InChI=1S/C27H18F2O4/c28-19-9-5-17(6-10-19)15-31-21-13-24(32-16-18-7-11-20(29)12-8-18)26-22-3-1-2-4-23(22)27(30)33-25(26)14-21/h1-14H,15-16H2. The summed E-state index contributed by atoms with van der Waals surface area (Å²) in [6, 6.07) is 22.5. The fraction of sp³-hybridized carbons (Fsp3) is 0.0741. The Balaban J connectivity index is 1.55. The molecule has 0 unspecified atom stereocenters. The monoisotopic (exact) mass is 444 g/mol. The van der Waals surface area contributed by atoms with Gasteiger partial charge in [0.1, 0.15) is 41.9 Å². The zero-order valence-corrected chi connectivity index (χ0v) is 17.4. The molecule has 4 aromatic carbocycles. The van der Waals surface area contributed by atoms with Crippen LogP contribution in [0.5, 0.6) is 11.5 Å². The van der Waals surface area contributed by atoms with Gasteiger partial charge in [-0.25, -0.2) is 13.6 Å². The van der Waals surface area contributed by atoms with Crippen LogP contribution in [0.25, 0.3) is 21.7 Å². The van der Waals surface area contributed by atoms with E-state index < -0.39 is 5.63 Å². The van der Waals surface area contributed by atoms with Crippen molar-refractivity contribution in [2.75, 3.05) is 0 Å². The second-order valence-corrected chi connectivity index (χ2v) is 7.56. The molecule has 0 spiro atoms. The van der Waals surface area contributed by atoms with E-state index in [0.717, 1.165) is 11.1 Å². The molecule has 5 rings (SSSR count). The molecule has 0 N–H and O–H groups in total. The molecule has 0 aliphatic heterocycles. The van der Waals surface area contributed by atoms with Crippen molar-refractivity contribution in [3.63, 3.8) is 0 Å². The summed E-state index contributed by atoms with van der Waals surface area (Å²) in [5.41, 5.74) is 1.43. The molecule has 0 atom stereocenters. The molecule has 33 heavy (non-hydrogen) atoms. The van der Waals surface area contributed by atoms with E-state index in [9.17, 15) is 13.6 Å². The minimum atomic E-state index is -0.460. The van der Waals surface area contributed by atoms with E-state index in [-0.39, 0.29) is 24.8 Å². The molecule has 0 aliphatic rings. The van der Waals surface area contributed by atoms with Gasteiger partial charge >= 0.3 is 5.63 Å². The van der Waals surface area contributed by atoms with Crippen LogP contribution in [0, 0.1) is 11.6 Å². The van der Waals surface area contributed by atoms with Crippen LogP contribution in [0.4, 0.5) is 8.78 Å². The lowest BCUT2D eigenvalue weighted by molar-refractivity contribution is 0.292. The maximum Gasteiger partial charge on any atom is 0.344 e. The van der Waals surface area contributed by atoms with Gasteiger partial charge < -0.3 is 13.9 Å². The Hall–Kier alpha value is -4.19. The first-order valence-electron chi connectivity index (χ1n) is 10.3. The lowest BCUT2D eigenvalue weighted by atomic mass is 10.1. The lowest BCUT2D eigenvalue weighted by Gasteiger charge is -2.14. The van der Waals surface area contributed by atoms with Gasteiger partial charge in [0.05, 0.1) is 10.8 Å². The van der Waals surface area contributed by atoms with Gasteiger partial charge in [-0.1, -0.05) is 42.5 Å². The van der Waals surface area contributed by atoms with E-state index in [1.165, 1.54) is 24.3 Å². The summed E-state index contributed by atoms with van der Waals surface area (Å²) in [7, 11) is 0. The number of halogens is 2. The van der Waals surface area contributed by atoms with Gasteiger partial charge in [-0.05, 0) is 41.5 Å². The Morgan fingerprint density at radius 3 is 1.91 bits per heavy atom. The molecule has 0 saturated carbocycles. The molecular formula is C27H18F2O4. The van der Waals surface area contributed by atoms with Crippen LogP contribution in [0.2, 0.25) is 0 Å². The van der Waals surface area contributed by atoms with Crippen molar-refractivity contribution in [2.24, 2.45) is 0 Å². The third-order valence-electron chi connectivity index (χ3n) is 5.28. The van der Waals surface area contributed by atoms with Gasteiger partial charge in [0.2, 0.25) is 0 Å². The molecule has 0 amide bonds. The third kappa shape index (κ3) is 4.41. The molecule has 164 valence electrons. The second kappa shape index (κ2) is 8.74. The molecule has 0 aliphatic carbocycles. The summed E-state index contributed by atoms with van der Waals surface area (Å²) in [5.74, 6) is 0.244. The van der Waals surface area contributed by atoms with Gasteiger partial charge in [0.15, 0.2) is 0 Å². The van der Waals surface area contributed by atoms with Crippen LogP contribution in [0.1, 0.15) is 11.1 Å². The highest BCUT2D eigenvalue weighted by atomic mass is 19.1. The van der Waals surface area contributed by atoms with Crippen LogP contribution >= 0.6 is 0 Å². The Morgan fingerprint density at radius 1 is 0.697 bits per heavy atom. The van der Waals surface area contributed by atoms with Gasteiger partial charge in [-0.15, -0.1) is 0 Å². The molecule has 5 aromatic rings. The molecule has 0 saturated heterocycles. The van der Waals surface area contributed by atoms with E-state index in [1.54, 1.807) is 48.5 Å². The van der Waals surface area contributed by atoms with Crippen molar-refractivity contribution in [2.45, 2.75) is 13.2 Å². The van der Waals surface area contributed by atoms with Crippen LogP contribution in [-0.2, 0) is 13.2 Å². The SMILES string of the molecule is O=c1oc2cc(OCc3ccc(F)cc3)cc(OCc3ccc(F)cc3)c2c2ccccc12. The third-order valence-corrected chi connectivity index (χ3v) is 5.28. The molecular weight excluding hydrogens is 426 g/mol. The van der Waals surface area contributed by atoms with Crippen molar-refractivity contribution in [1.29, 1.82) is 0 Å². The average molecular weight is 444 g/mol. The van der Waals surface area contributed by atoms with Crippen molar-refractivity contribution in [1.82, 2.24) is 0 Å². The molecule has 0 bridgehead atoms. The first kappa shape index (κ1) is 20.7. The van der Waals surface area contributed by atoms with Gasteiger partial charge in [-0.2, -0.15) is 0 Å². The summed E-state index contributed by atoms with van der Waals surface area (Å²) < 4.78 is 44.0. The fourth-order valence-corrected chi connectivity index (χ4v) is 3.63. The summed E-state index contributed by atoms with van der Waals surface area (Å²) >= 11 is 0. The summed E-state index contributed by atoms with van der Waals surface area (Å²) in [5, 5.41) is 1.78. The molecule has 0 radical (unpaired) electrons. The topological polar surface area (TPSA) is 48.7 Å². The number of hydrogen-bond acceptors (Lipinski definition) is 4. The fourth-order valence-electron chi connectivity index (χ4n) is 3.63.